The van der Waals surface area contributed by atoms with Gasteiger partial charge in [0, 0.05) is 6.42 Å². The van der Waals surface area contributed by atoms with Gasteiger partial charge in [0.25, 0.3) is 0 Å². The van der Waals surface area contributed by atoms with Gasteiger partial charge in [-0.15, -0.1) is 0 Å². The fourth-order valence-electron chi connectivity index (χ4n) is 7.12. The molecule has 25 heavy (non-hydrogen) atoms. The average Bonchev–Trinajstić information content (AvgIpc) is 2.83. The van der Waals surface area contributed by atoms with Crippen molar-refractivity contribution in [1.82, 2.24) is 0 Å². The fraction of sp³-hybridized carbons (Fsp3) is 0.810. The van der Waals surface area contributed by atoms with Gasteiger partial charge in [0.05, 0.1) is 11.9 Å². The Morgan fingerprint density at radius 3 is 2.56 bits per heavy atom. The van der Waals surface area contributed by atoms with Gasteiger partial charge in [0.1, 0.15) is 5.78 Å². The van der Waals surface area contributed by atoms with Gasteiger partial charge >= 0.3 is 29.6 Å². The van der Waals surface area contributed by atoms with Crippen LogP contribution in [0.5, 0.6) is 0 Å². The summed E-state index contributed by atoms with van der Waals surface area (Å²) in [6.45, 7) is 7.14. The van der Waals surface area contributed by atoms with Crippen molar-refractivity contribution in [1.29, 1.82) is 0 Å². The van der Waals surface area contributed by atoms with Crippen LogP contribution in [0.15, 0.2) is 11.6 Å². The minimum Gasteiger partial charge on any atom is -0.549 e. The minimum absolute atomic E-state index is 0. The Kier molecular flexibility index (Phi) is 5.10. The van der Waals surface area contributed by atoms with Crippen molar-refractivity contribution < 1.29 is 44.3 Å². The third kappa shape index (κ3) is 2.63. The summed E-state index contributed by atoms with van der Waals surface area (Å²) in [6.07, 6.45) is 9.40. The molecule has 0 N–H and O–H groups in total. The normalized spacial score (nSPS) is 48.5. The van der Waals surface area contributed by atoms with Gasteiger partial charge in [0.15, 0.2) is 0 Å². The van der Waals surface area contributed by atoms with Crippen molar-refractivity contribution in [2.75, 3.05) is 0 Å². The number of rotatable bonds is 1. The van der Waals surface area contributed by atoms with Crippen LogP contribution in [0.3, 0.4) is 0 Å². The van der Waals surface area contributed by atoms with Crippen LogP contribution < -0.4 is 34.7 Å². The Morgan fingerprint density at radius 1 is 1.16 bits per heavy atom. The summed E-state index contributed by atoms with van der Waals surface area (Å²) in [5.41, 5.74) is 1.23. The maximum Gasteiger partial charge on any atom is 1.00 e. The second-order valence-electron chi connectivity index (χ2n) is 9.43. The molecule has 4 rings (SSSR count). The first-order chi connectivity index (χ1) is 11.3. The molecular weight excluding hydrogens is 323 g/mol. The first-order valence-electron chi connectivity index (χ1n) is 9.73. The van der Waals surface area contributed by atoms with E-state index in [0.717, 1.165) is 30.3 Å². The molecule has 0 aromatic carbocycles. The number of fused-ring (bicyclic) bond motifs is 5. The van der Waals surface area contributed by atoms with Gasteiger partial charge in [-0.05, 0) is 73.0 Å². The Hall–Kier alpha value is -0.120. The monoisotopic (exact) mass is 352 g/mol. The molecule has 0 aromatic heterocycles. The molecule has 4 unspecified atom stereocenters. The molecule has 0 heterocycles. The standard InChI is InChI=1S/C21H30O3.Na/c1-12-4-6-14-13-5-7-16-18(19(23)24)17(22)9-11-21(16,3)15(13)8-10-20(12,14)2;/h7,12-15,18H,4-6,8-11H2,1-3H3,(H,23,24);/q;+1/p-1/t12-,13?,14?,15?,18?,20+,21+;/m0./s1. The number of carboxylic acids is 1. The number of aliphatic carboxylic acids is 1. The van der Waals surface area contributed by atoms with E-state index in [1.807, 2.05) is 0 Å². The van der Waals surface area contributed by atoms with Crippen LogP contribution in [-0.4, -0.2) is 11.8 Å². The molecule has 7 atom stereocenters. The van der Waals surface area contributed by atoms with E-state index >= 15 is 0 Å². The zero-order valence-corrected chi connectivity index (χ0v) is 18.1. The zero-order chi connectivity index (χ0) is 17.3. The van der Waals surface area contributed by atoms with Crippen LogP contribution in [0.1, 0.15) is 65.7 Å². The Bertz CT molecular complexity index is 627. The third-order valence-electron chi connectivity index (χ3n) is 8.76. The number of Topliss-reactive ketones (excluding diaryl/α,β-unsaturated/α-hetero) is 1. The molecule has 0 saturated heterocycles. The molecule has 0 amide bonds. The largest absolute Gasteiger partial charge is 1.00 e. The molecular formula is C21H29NaO3. The second-order valence-corrected chi connectivity index (χ2v) is 9.43. The summed E-state index contributed by atoms with van der Waals surface area (Å²) in [4.78, 5) is 23.8. The van der Waals surface area contributed by atoms with Gasteiger partial charge in [-0.2, -0.15) is 0 Å². The molecule has 0 bridgehead atoms. The van der Waals surface area contributed by atoms with Gasteiger partial charge in [-0.25, -0.2) is 0 Å². The molecule has 3 fully saturated rings. The van der Waals surface area contributed by atoms with E-state index in [9.17, 15) is 14.7 Å². The van der Waals surface area contributed by atoms with Crippen molar-refractivity contribution in [2.24, 2.45) is 40.4 Å². The first kappa shape index (κ1) is 19.6. The number of hydrogen-bond acceptors (Lipinski definition) is 3. The molecule has 3 nitrogen and oxygen atoms in total. The first-order valence-corrected chi connectivity index (χ1v) is 9.73. The minimum atomic E-state index is -1.19. The van der Waals surface area contributed by atoms with Crippen LogP contribution in [0.2, 0.25) is 0 Å². The van der Waals surface area contributed by atoms with Crippen molar-refractivity contribution in [3.63, 3.8) is 0 Å². The number of ketones is 1. The zero-order valence-electron chi connectivity index (χ0n) is 16.1. The number of carbonyl (C=O) groups is 2. The molecule has 0 aromatic rings. The molecule has 0 radical (unpaired) electrons. The van der Waals surface area contributed by atoms with Crippen LogP contribution >= 0.6 is 0 Å². The molecule has 0 spiro atoms. The summed E-state index contributed by atoms with van der Waals surface area (Å²) in [6, 6.07) is 0. The Labute approximate surface area is 173 Å². The van der Waals surface area contributed by atoms with E-state index in [1.54, 1.807) is 0 Å². The van der Waals surface area contributed by atoms with E-state index in [-0.39, 0.29) is 40.8 Å². The third-order valence-corrected chi connectivity index (χ3v) is 8.76. The topological polar surface area (TPSA) is 57.2 Å². The van der Waals surface area contributed by atoms with Gasteiger partial charge < -0.3 is 9.90 Å². The molecule has 4 aliphatic carbocycles. The summed E-state index contributed by atoms with van der Waals surface area (Å²) < 4.78 is 0. The maximum absolute atomic E-state index is 12.2. The molecule has 0 aliphatic heterocycles. The summed E-state index contributed by atoms with van der Waals surface area (Å²) in [7, 11) is 0. The summed E-state index contributed by atoms with van der Waals surface area (Å²) >= 11 is 0. The average molecular weight is 352 g/mol. The molecule has 132 valence electrons. The van der Waals surface area contributed by atoms with E-state index in [0.29, 0.717) is 23.7 Å². The number of carbonyl (C=O) groups excluding carboxylic acids is 2. The Balaban J connectivity index is 0.00000182. The second kappa shape index (κ2) is 6.49. The fourth-order valence-corrected chi connectivity index (χ4v) is 7.12. The predicted molar refractivity (Wildman–Crippen MR) is 89.8 cm³/mol. The van der Waals surface area contributed by atoms with Gasteiger partial charge in [0.2, 0.25) is 0 Å². The quantitative estimate of drug-likeness (QED) is 0.383. The molecule has 4 heteroatoms. The number of allylic oxidation sites excluding steroid dienone is 1. The maximum atomic E-state index is 12.2. The number of hydrogen-bond donors (Lipinski definition) is 0. The summed E-state index contributed by atoms with van der Waals surface area (Å²) in [5, 5.41) is 11.6. The van der Waals surface area contributed by atoms with Gasteiger partial charge in [-0.1, -0.05) is 32.4 Å². The van der Waals surface area contributed by atoms with Crippen LogP contribution in [0, 0.1) is 40.4 Å². The van der Waals surface area contributed by atoms with Crippen LogP contribution in [-0.2, 0) is 9.59 Å². The van der Waals surface area contributed by atoms with Crippen LogP contribution in [0.4, 0.5) is 0 Å². The molecule has 3 saturated carbocycles. The van der Waals surface area contributed by atoms with Crippen LogP contribution in [0.25, 0.3) is 0 Å². The Morgan fingerprint density at radius 2 is 1.88 bits per heavy atom. The summed E-state index contributed by atoms with van der Waals surface area (Å²) in [5.74, 6) is 0.443. The van der Waals surface area contributed by atoms with Gasteiger partial charge in [-0.3, -0.25) is 4.79 Å². The van der Waals surface area contributed by atoms with E-state index in [1.165, 1.54) is 25.7 Å². The van der Waals surface area contributed by atoms with E-state index in [4.69, 9.17) is 0 Å². The van der Waals surface area contributed by atoms with E-state index < -0.39 is 11.9 Å². The van der Waals surface area contributed by atoms with Crippen molar-refractivity contribution in [3.05, 3.63) is 11.6 Å². The number of carboxylic acid groups (broad SMARTS) is 1. The van der Waals surface area contributed by atoms with E-state index in [2.05, 4.69) is 26.8 Å². The SMILES string of the molecule is C[C@H]1CCC2C3CC=C4C(C(=O)[O-])C(=O)CC[C@]4(C)C3CC[C@@]21C.[Na+]. The molecule has 4 aliphatic rings. The van der Waals surface area contributed by atoms with Crippen molar-refractivity contribution in [2.45, 2.75) is 65.7 Å². The predicted octanol–water partition coefficient (Wildman–Crippen LogP) is 0.134. The smallest absolute Gasteiger partial charge is 0.549 e. The van der Waals surface area contributed by atoms with Crippen molar-refractivity contribution >= 4 is 11.8 Å². The van der Waals surface area contributed by atoms with Crippen molar-refractivity contribution in [3.8, 4) is 0 Å².